The van der Waals surface area contributed by atoms with Crippen molar-refractivity contribution in [2.75, 3.05) is 7.05 Å². The van der Waals surface area contributed by atoms with Crippen LogP contribution in [0.2, 0.25) is 0 Å². The molecule has 2 N–H and O–H groups in total. The van der Waals surface area contributed by atoms with E-state index in [4.69, 9.17) is 4.84 Å². The van der Waals surface area contributed by atoms with E-state index < -0.39 is 31.4 Å². The number of rotatable bonds is 2. The Labute approximate surface area is 120 Å². The molecule has 0 radical (unpaired) electrons. The van der Waals surface area contributed by atoms with E-state index in [9.17, 15) is 23.9 Å². The first-order valence-corrected chi connectivity index (χ1v) is 7.90. The number of hydrogen-bond donors (Lipinski definition) is 2. The van der Waals surface area contributed by atoms with Gasteiger partial charge in [0.2, 0.25) is 0 Å². The molecule has 21 heavy (non-hydrogen) atoms. The fraction of sp³-hybridized carbons (Fsp3) is 0.333. The highest BCUT2D eigenvalue weighted by atomic mass is 31.2. The number of amides is 2. The second-order valence-electron chi connectivity index (χ2n) is 4.94. The predicted octanol–water partition coefficient (Wildman–Crippen LogP) is 0.380. The van der Waals surface area contributed by atoms with Gasteiger partial charge in [0.1, 0.15) is 5.78 Å². The van der Waals surface area contributed by atoms with Crippen molar-refractivity contribution in [1.29, 1.82) is 0 Å². The lowest BCUT2D eigenvalue weighted by Crippen LogP contribution is -2.40. The monoisotopic (exact) mass is 312 g/mol. The lowest BCUT2D eigenvalue weighted by atomic mass is 10.1. The van der Waals surface area contributed by atoms with Gasteiger partial charge in [-0.05, 0) is 12.1 Å². The van der Waals surface area contributed by atoms with Gasteiger partial charge in [-0.1, -0.05) is 12.1 Å². The van der Waals surface area contributed by atoms with Crippen LogP contribution in [0.15, 0.2) is 24.3 Å². The third kappa shape index (κ3) is 2.21. The second kappa shape index (κ2) is 4.72. The van der Waals surface area contributed by atoms with Gasteiger partial charge in [-0.25, -0.2) is 4.90 Å². The third-order valence-corrected chi connectivity index (χ3v) is 4.93. The molecule has 3 rings (SSSR count). The van der Waals surface area contributed by atoms with E-state index >= 15 is 0 Å². The zero-order valence-corrected chi connectivity index (χ0v) is 11.9. The summed E-state index contributed by atoms with van der Waals surface area (Å²) < 4.78 is 11.4. The predicted molar refractivity (Wildman–Crippen MR) is 70.0 cm³/mol. The maximum absolute atomic E-state index is 12.3. The molecule has 1 saturated heterocycles. The van der Waals surface area contributed by atoms with Crippen LogP contribution in [0.5, 0.6) is 0 Å². The van der Waals surface area contributed by atoms with Gasteiger partial charge < -0.3 is 9.79 Å². The molecule has 112 valence electrons. The van der Waals surface area contributed by atoms with Crippen molar-refractivity contribution in [3.63, 3.8) is 0 Å². The summed E-state index contributed by atoms with van der Waals surface area (Å²) in [4.78, 5) is 49.2. The van der Waals surface area contributed by atoms with Crippen LogP contribution in [0.3, 0.4) is 0 Å². The zero-order valence-electron chi connectivity index (χ0n) is 11.0. The molecule has 2 atom stereocenters. The van der Waals surface area contributed by atoms with Crippen LogP contribution in [0, 0.1) is 0 Å². The van der Waals surface area contributed by atoms with Crippen molar-refractivity contribution in [1.82, 2.24) is 9.96 Å². The van der Waals surface area contributed by atoms with E-state index in [-0.39, 0.29) is 17.5 Å². The molecule has 2 aliphatic rings. The number of imide groups is 1. The van der Waals surface area contributed by atoms with Crippen LogP contribution >= 0.6 is 7.60 Å². The fourth-order valence-electron chi connectivity index (χ4n) is 2.61. The first kappa shape index (κ1) is 14.4. The van der Waals surface area contributed by atoms with Crippen molar-refractivity contribution in [3.05, 3.63) is 35.4 Å². The SMILES string of the molecule is CN1O[C@H](N2C(=O)c3ccccc3C2=O)C[C@H]1P(=O)(O)O. The summed E-state index contributed by atoms with van der Waals surface area (Å²) in [5.74, 6) is -2.20. The van der Waals surface area contributed by atoms with Gasteiger partial charge in [-0.2, -0.15) is 5.06 Å². The van der Waals surface area contributed by atoms with Crippen molar-refractivity contribution in [2.24, 2.45) is 0 Å². The van der Waals surface area contributed by atoms with Gasteiger partial charge >= 0.3 is 7.60 Å². The smallest absolute Gasteiger partial charge is 0.323 e. The number of nitrogens with zero attached hydrogens (tertiary/aromatic N) is 2. The molecule has 1 fully saturated rings. The van der Waals surface area contributed by atoms with Crippen LogP contribution in [0.1, 0.15) is 27.1 Å². The molecule has 9 heteroatoms. The van der Waals surface area contributed by atoms with Crippen molar-refractivity contribution in [3.8, 4) is 0 Å². The highest BCUT2D eigenvalue weighted by Gasteiger charge is 2.49. The highest BCUT2D eigenvalue weighted by Crippen LogP contribution is 2.49. The van der Waals surface area contributed by atoms with Crippen molar-refractivity contribution >= 4 is 19.4 Å². The van der Waals surface area contributed by atoms with E-state index in [0.29, 0.717) is 0 Å². The van der Waals surface area contributed by atoms with E-state index in [1.165, 1.54) is 19.2 Å². The molecular formula is C12H13N2O6P. The van der Waals surface area contributed by atoms with Crippen LogP contribution in [-0.4, -0.2) is 50.6 Å². The van der Waals surface area contributed by atoms with Crippen LogP contribution in [0.25, 0.3) is 0 Å². The van der Waals surface area contributed by atoms with Crippen LogP contribution < -0.4 is 0 Å². The Morgan fingerprint density at radius 2 is 1.71 bits per heavy atom. The van der Waals surface area contributed by atoms with E-state index in [0.717, 1.165) is 9.96 Å². The largest absolute Gasteiger partial charge is 0.345 e. The van der Waals surface area contributed by atoms with Gasteiger partial charge in [0.15, 0.2) is 6.23 Å². The lowest BCUT2D eigenvalue weighted by Gasteiger charge is -2.20. The first-order chi connectivity index (χ1) is 9.80. The minimum Gasteiger partial charge on any atom is -0.323 e. The summed E-state index contributed by atoms with van der Waals surface area (Å²) >= 11 is 0. The van der Waals surface area contributed by atoms with E-state index in [1.807, 2.05) is 0 Å². The molecule has 1 aromatic rings. The highest BCUT2D eigenvalue weighted by molar-refractivity contribution is 7.52. The third-order valence-electron chi connectivity index (χ3n) is 3.62. The normalized spacial score (nSPS) is 26.5. The van der Waals surface area contributed by atoms with Crippen molar-refractivity contribution < 1.29 is 28.8 Å². The minimum absolute atomic E-state index is 0.133. The number of benzene rings is 1. The van der Waals surface area contributed by atoms with E-state index in [2.05, 4.69) is 0 Å². The first-order valence-electron chi connectivity index (χ1n) is 6.22. The summed E-state index contributed by atoms with van der Waals surface area (Å²) in [5.41, 5.74) is 0.543. The lowest BCUT2D eigenvalue weighted by molar-refractivity contribution is -0.161. The molecule has 2 aliphatic heterocycles. The van der Waals surface area contributed by atoms with Crippen LogP contribution in [0.4, 0.5) is 0 Å². The summed E-state index contributed by atoms with van der Waals surface area (Å²) in [7, 11) is -3.05. The summed E-state index contributed by atoms with van der Waals surface area (Å²) in [6.07, 6.45) is -1.15. The Morgan fingerprint density at radius 3 is 2.14 bits per heavy atom. The topological polar surface area (TPSA) is 107 Å². The number of carbonyl (C=O) groups excluding carboxylic acids is 2. The molecule has 2 heterocycles. The van der Waals surface area contributed by atoms with Gasteiger partial charge in [-0.3, -0.25) is 19.0 Å². The number of fused-ring (bicyclic) bond motifs is 1. The molecule has 0 bridgehead atoms. The summed E-state index contributed by atoms with van der Waals surface area (Å²) in [6, 6.07) is 6.37. The molecule has 1 aromatic carbocycles. The Hall–Kier alpha value is -1.57. The average Bonchev–Trinajstić information content (AvgIpc) is 2.90. The summed E-state index contributed by atoms with van der Waals surface area (Å²) in [6.45, 7) is 0. The number of carbonyl (C=O) groups is 2. The Morgan fingerprint density at radius 1 is 1.19 bits per heavy atom. The van der Waals surface area contributed by atoms with Crippen molar-refractivity contribution in [2.45, 2.75) is 18.4 Å². The fourth-order valence-corrected chi connectivity index (χ4v) is 3.54. The standard InChI is InChI=1S/C12H13N2O6P/c1-13-10(21(17,18)19)6-9(20-13)14-11(15)7-4-2-3-5-8(7)12(14)16/h2-5,9-10H,6H2,1H3,(H2,17,18,19)/t9-,10+/m0/s1. The van der Waals surface area contributed by atoms with E-state index in [1.54, 1.807) is 12.1 Å². The van der Waals surface area contributed by atoms with Gasteiger partial charge in [-0.15, -0.1) is 0 Å². The number of hydrogen-bond acceptors (Lipinski definition) is 5. The quantitative estimate of drug-likeness (QED) is 0.600. The zero-order chi connectivity index (χ0) is 15.4. The van der Waals surface area contributed by atoms with Gasteiger partial charge in [0.05, 0.1) is 11.1 Å². The minimum atomic E-state index is -4.41. The maximum Gasteiger partial charge on any atom is 0.345 e. The van der Waals surface area contributed by atoms with Gasteiger partial charge in [0.25, 0.3) is 11.8 Å². The van der Waals surface area contributed by atoms with Gasteiger partial charge in [0, 0.05) is 13.5 Å². The molecule has 0 saturated carbocycles. The summed E-state index contributed by atoms with van der Waals surface area (Å²) in [5, 5.41) is 1.01. The molecule has 0 aromatic heterocycles. The molecule has 8 nitrogen and oxygen atoms in total. The molecule has 0 aliphatic carbocycles. The Kier molecular flexibility index (Phi) is 3.23. The second-order valence-corrected chi connectivity index (χ2v) is 6.71. The Balaban J connectivity index is 1.89. The molecule has 2 amide bonds. The maximum atomic E-state index is 12.3. The molecule has 0 spiro atoms. The van der Waals surface area contributed by atoms with Crippen LogP contribution in [-0.2, 0) is 9.40 Å². The molecular weight excluding hydrogens is 299 g/mol. The number of hydroxylamine groups is 2. The molecule has 0 unspecified atom stereocenters. The Bertz CT molecular complexity index is 636. The average molecular weight is 312 g/mol.